The molecule has 8 heteroatoms. The molecule has 0 aliphatic heterocycles. The predicted octanol–water partition coefficient (Wildman–Crippen LogP) is 3.37. The molecule has 0 saturated heterocycles. The van der Waals surface area contributed by atoms with E-state index in [1.165, 1.54) is 23.5 Å². The molecule has 0 saturated carbocycles. The van der Waals surface area contributed by atoms with Crippen molar-refractivity contribution in [3.8, 4) is 10.4 Å². The summed E-state index contributed by atoms with van der Waals surface area (Å²) in [6.45, 7) is 2.87. The standard InChI is InChI=1S/C19H21N3O4S/c1-2-12-20-19(24)11-13-21-18(23)10-8-14-7-9-17(27-14)15-5-3-4-6-16(15)22(25)26/h3-10H,2,11-13H2,1H3,(H,20,24)(H,21,23)/b10-8+. The third-order valence-electron chi connectivity index (χ3n) is 3.62. The van der Waals surface area contributed by atoms with E-state index < -0.39 is 4.92 Å². The number of nitro benzene ring substituents is 1. The second kappa shape index (κ2) is 10.2. The van der Waals surface area contributed by atoms with Gasteiger partial charge in [0, 0.05) is 41.4 Å². The zero-order valence-corrected chi connectivity index (χ0v) is 15.8. The first kappa shape index (κ1) is 20.3. The van der Waals surface area contributed by atoms with E-state index in [4.69, 9.17) is 0 Å². The number of rotatable bonds is 9. The molecule has 7 nitrogen and oxygen atoms in total. The maximum absolute atomic E-state index is 11.8. The molecule has 2 N–H and O–H groups in total. The van der Waals surface area contributed by atoms with Gasteiger partial charge in [-0.15, -0.1) is 11.3 Å². The van der Waals surface area contributed by atoms with Crippen LogP contribution >= 0.6 is 11.3 Å². The lowest BCUT2D eigenvalue weighted by Crippen LogP contribution is -2.30. The fraction of sp³-hybridized carbons (Fsp3) is 0.263. The minimum atomic E-state index is -0.408. The maximum atomic E-state index is 11.8. The van der Waals surface area contributed by atoms with Crippen molar-refractivity contribution >= 4 is 34.9 Å². The second-order valence-electron chi connectivity index (χ2n) is 5.70. The monoisotopic (exact) mass is 387 g/mol. The van der Waals surface area contributed by atoms with Crippen LogP contribution in [0, 0.1) is 10.1 Å². The van der Waals surface area contributed by atoms with E-state index in [0.717, 1.165) is 16.2 Å². The number of hydrogen-bond acceptors (Lipinski definition) is 5. The van der Waals surface area contributed by atoms with Gasteiger partial charge < -0.3 is 10.6 Å². The first-order chi connectivity index (χ1) is 13.0. The fourth-order valence-corrected chi connectivity index (χ4v) is 3.24. The second-order valence-corrected chi connectivity index (χ2v) is 6.82. The number of nitrogens with one attached hydrogen (secondary N) is 2. The van der Waals surface area contributed by atoms with Crippen molar-refractivity contribution in [1.82, 2.24) is 10.6 Å². The summed E-state index contributed by atoms with van der Waals surface area (Å²) in [6.07, 6.45) is 4.14. The van der Waals surface area contributed by atoms with Gasteiger partial charge in [0.2, 0.25) is 11.8 Å². The Hall–Kier alpha value is -3.00. The summed E-state index contributed by atoms with van der Waals surface area (Å²) >= 11 is 1.36. The number of benzene rings is 1. The highest BCUT2D eigenvalue weighted by molar-refractivity contribution is 7.16. The van der Waals surface area contributed by atoms with Gasteiger partial charge in [0.25, 0.3) is 5.69 Å². The number of carbonyl (C=O) groups is 2. The van der Waals surface area contributed by atoms with Crippen molar-refractivity contribution in [2.75, 3.05) is 13.1 Å². The topological polar surface area (TPSA) is 101 Å². The molecule has 0 bridgehead atoms. The highest BCUT2D eigenvalue weighted by Gasteiger charge is 2.15. The van der Waals surface area contributed by atoms with Crippen molar-refractivity contribution < 1.29 is 14.5 Å². The van der Waals surface area contributed by atoms with Crippen LogP contribution in [0.1, 0.15) is 24.6 Å². The Kier molecular flexibility index (Phi) is 7.69. The minimum Gasteiger partial charge on any atom is -0.356 e. The molecule has 1 aromatic heterocycles. The number of nitrogens with zero attached hydrogens (tertiary/aromatic N) is 1. The summed E-state index contributed by atoms with van der Waals surface area (Å²) in [6, 6.07) is 10.1. The molecule has 2 aromatic rings. The van der Waals surface area contributed by atoms with Crippen LogP contribution in [0.5, 0.6) is 0 Å². The molecule has 0 radical (unpaired) electrons. The number of nitro groups is 1. The quantitative estimate of drug-likeness (QED) is 0.391. The van der Waals surface area contributed by atoms with E-state index in [1.807, 2.05) is 6.92 Å². The molecular formula is C19H21N3O4S. The Balaban J connectivity index is 1.91. The summed E-state index contributed by atoms with van der Waals surface area (Å²) < 4.78 is 0. The van der Waals surface area contributed by atoms with Gasteiger partial charge in [-0.25, -0.2) is 0 Å². The summed E-state index contributed by atoms with van der Waals surface area (Å²) in [5.74, 6) is -0.382. The van der Waals surface area contributed by atoms with E-state index in [2.05, 4.69) is 10.6 Å². The largest absolute Gasteiger partial charge is 0.356 e. The molecule has 0 aliphatic carbocycles. The Morgan fingerprint density at radius 2 is 1.93 bits per heavy atom. The molecular weight excluding hydrogens is 366 g/mol. The van der Waals surface area contributed by atoms with Crippen LogP contribution in [-0.2, 0) is 9.59 Å². The van der Waals surface area contributed by atoms with E-state index >= 15 is 0 Å². The molecule has 0 spiro atoms. The number of carbonyl (C=O) groups excluding carboxylic acids is 2. The van der Waals surface area contributed by atoms with Crippen LogP contribution in [-0.4, -0.2) is 29.8 Å². The molecule has 1 heterocycles. The molecule has 0 fully saturated rings. The van der Waals surface area contributed by atoms with Gasteiger partial charge in [0.15, 0.2) is 0 Å². The van der Waals surface area contributed by atoms with Crippen molar-refractivity contribution in [2.45, 2.75) is 19.8 Å². The highest BCUT2D eigenvalue weighted by Crippen LogP contribution is 2.34. The van der Waals surface area contributed by atoms with Crippen LogP contribution in [0.2, 0.25) is 0 Å². The first-order valence-corrected chi connectivity index (χ1v) is 9.39. The van der Waals surface area contributed by atoms with Crippen LogP contribution in [0.25, 0.3) is 16.5 Å². The van der Waals surface area contributed by atoms with Gasteiger partial charge in [0.05, 0.1) is 10.5 Å². The Bertz CT molecular complexity index is 845. The Labute approximate surface area is 161 Å². The van der Waals surface area contributed by atoms with Crippen molar-refractivity contribution in [3.05, 3.63) is 57.5 Å². The highest BCUT2D eigenvalue weighted by atomic mass is 32.1. The lowest BCUT2D eigenvalue weighted by molar-refractivity contribution is -0.384. The molecule has 2 rings (SSSR count). The smallest absolute Gasteiger partial charge is 0.278 e. The van der Waals surface area contributed by atoms with Crippen LogP contribution in [0.3, 0.4) is 0 Å². The van der Waals surface area contributed by atoms with Crippen molar-refractivity contribution in [3.63, 3.8) is 0 Å². The summed E-state index contributed by atoms with van der Waals surface area (Å²) in [7, 11) is 0. The number of para-hydroxylation sites is 1. The summed E-state index contributed by atoms with van der Waals surface area (Å²) in [5.41, 5.74) is 0.601. The van der Waals surface area contributed by atoms with Gasteiger partial charge in [-0.3, -0.25) is 19.7 Å². The Morgan fingerprint density at radius 1 is 1.15 bits per heavy atom. The van der Waals surface area contributed by atoms with E-state index in [1.54, 1.807) is 36.4 Å². The fourth-order valence-electron chi connectivity index (χ4n) is 2.30. The predicted molar refractivity (Wildman–Crippen MR) is 106 cm³/mol. The molecule has 0 atom stereocenters. The molecule has 0 aliphatic rings. The van der Waals surface area contributed by atoms with Gasteiger partial charge in [0.1, 0.15) is 0 Å². The molecule has 142 valence electrons. The van der Waals surface area contributed by atoms with Crippen LogP contribution in [0.15, 0.2) is 42.5 Å². The van der Waals surface area contributed by atoms with Gasteiger partial charge in [-0.2, -0.15) is 0 Å². The van der Waals surface area contributed by atoms with E-state index in [-0.39, 0.29) is 30.5 Å². The van der Waals surface area contributed by atoms with Gasteiger partial charge >= 0.3 is 0 Å². The van der Waals surface area contributed by atoms with Gasteiger partial charge in [-0.05, 0) is 30.7 Å². The lowest BCUT2D eigenvalue weighted by Gasteiger charge is -2.03. The summed E-state index contributed by atoms with van der Waals surface area (Å²) in [4.78, 5) is 35.6. The number of amides is 2. The van der Waals surface area contributed by atoms with E-state index in [9.17, 15) is 19.7 Å². The Morgan fingerprint density at radius 3 is 2.67 bits per heavy atom. The molecule has 27 heavy (non-hydrogen) atoms. The van der Waals surface area contributed by atoms with Crippen LogP contribution < -0.4 is 10.6 Å². The summed E-state index contributed by atoms with van der Waals surface area (Å²) in [5, 5.41) is 16.5. The third-order valence-corrected chi connectivity index (χ3v) is 4.70. The average molecular weight is 387 g/mol. The zero-order valence-electron chi connectivity index (χ0n) is 14.9. The lowest BCUT2D eigenvalue weighted by atomic mass is 10.1. The minimum absolute atomic E-state index is 0.0500. The molecule has 2 amide bonds. The number of thiophene rings is 1. The number of hydrogen-bond donors (Lipinski definition) is 2. The first-order valence-electron chi connectivity index (χ1n) is 8.57. The molecule has 1 aromatic carbocycles. The third kappa shape index (κ3) is 6.34. The van der Waals surface area contributed by atoms with Crippen molar-refractivity contribution in [2.24, 2.45) is 0 Å². The maximum Gasteiger partial charge on any atom is 0.278 e. The SMILES string of the molecule is CCCNC(=O)CCNC(=O)/C=C/c1ccc(-c2ccccc2[N+](=O)[O-])s1. The normalized spacial score (nSPS) is 10.7. The average Bonchev–Trinajstić information content (AvgIpc) is 3.13. The van der Waals surface area contributed by atoms with E-state index in [0.29, 0.717) is 12.1 Å². The van der Waals surface area contributed by atoms with Crippen LogP contribution in [0.4, 0.5) is 5.69 Å². The molecule has 0 unspecified atom stereocenters. The zero-order chi connectivity index (χ0) is 19.6. The van der Waals surface area contributed by atoms with Gasteiger partial charge in [-0.1, -0.05) is 19.1 Å². The van der Waals surface area contributed by atoms with Crippen molar-refractivity contribution in [1.29, 1.82) is 0 Å².